The second-order valence-electron chi connectivity index (χ2n) is 6.81. The lowest BCUT2D eigenvalue weighted by Gasteiger charge is -2.31. The lowest BCUT2D eigenvalue weighted by molar-refractivity contribution is -0.138. The van der Waals surface area contributed by atoms with E-state index in [1.54, 1.807) is 17.0 Å². The van der Waals surface area contributed by atoms with E-state index in [2.05, 4.69) is 0 Å². The van der Waals surface area contributed by atoms with Crippen LogP contribution in [0, 0.1) is 5.92 Å². The Balaban J connectivity index is 1.53. The highest BCUT2D eigenvalue weighted by Crippen LogP contribution is 2.23. The van der Waals surface area contributed by atoms with Crippen molar-refractivity contribution in [1.29, 1.82) is 0 Å². The van der Waals surface area contributed by atoms with Crippen LogP contribution in [0.5, 0.6) is 5.75 Å². The summed E-state index contributed by atoms with van der Waals surface area (Å²) in [6, 6.07) is 7.26. The van der Waals surface area contributed by atoms with E-state index in [1.807, 2.05) is 12.1 Å². The van der Waals surface area contributed by atoms with Gasteiger partial charge in [0.25, 0.3) is 5.91 Å². The molecule has 1 amide bonds. The molecule has 2 fully saturated rings. The molecule has 0 spiro atoms. The predicted octanol–water partition coefficient (Wildman–Crippen LogP) is 2.57. The van der Waals surface area contributed by atoms with E-state index in [-0.39, 0.29) is 24.3 Å². The second-order valence-corrected chi connectivity index (χ2v) is 6.81. The average molecular weight is 347 g/mol. The number of ether oxygens (including phenoxy) is 2. The molecule has 0 aliphatic carbocycles. The van der Waals surface area contributed by atoms with Crippen LogP contribution in [0.3, 0.4) is 0 Å². The van der Waals surface area contributed by atoms with E-state index in [0.717, 1.165) is 32.3 Å². The first-order valence-electron chi connectivity index (χ1n) is 8.97. The zero-order valence-electron chi connectivity index (χ0n) is 14.4. The van der Waals surface area contributed by atoms with Crippen LogP contribution in [0.1, 0.15) is 42.5 Å². The number of carbonyl (C=O) groups excluding carboxylic acids is 1. The molecular weight excluding hydrogens is 322 g/mol. The Kier molecular flexibility index (Phi) is 5.91. The van der Waals surface area contributed by atoms with Gasteiger partial charge in [-0.3, -0.25) is 9.59 Å². The van der Waals surface area contributed by atoms with Gasteiger partial charge in [0.2, 0.25) is 0 Å². The van der Waals surface area contributed by atoms with Crippen molar-refractivity contribution in [3.8, 4) is 5.75 Å². The molecule has 2 heterocycles. The third kappa shape index (κ3) is 4.95. The molecule has 0 saturated carbocycles. The summed E-state index contributed by atoms with van der Waals surface area (Å²) in [6.45, 7) is 2.53. The Hall–Kier alpha value is -2.08. The summed E-state index contributed by atoms with van der Waals surface area (Å²) in [5, 5.41) is 8.88. The first kappa shape index (κ1) is 17.7. The van der Waals surface area contributed by atoms with E-state index in [1.165, 1.54) is 0 Å². The largest absolute Gasteiger partial charge is 0.491 e. The summed E-state index contributed by atoms with van der Waals surface area (Å²) in [4.78, 5) is 25.3. The number of nitrogens with zero attached hydrogens (tertiary/aromatic N) is 1. The third-order valence-electron chi connectivity index (χ3n) is 4.91. The van der Waals surface area contributed by atoms with Gasteiger partial charge in [0.15, 0.2) is 0 Å². The summed E-state index contributed by atoms with van der Waals surface area (Å²) in [5.74, 6) is 0.0713. The molecule has 1 N–H and O–H groups in total. The molecule has 2 aliphatic heterocycles. The molecule has 1 aromatic rings. The van der Waals surface area contributed by atoms with Gasteiger partial charge in [-0.25, -0.2) is 0 Å². The number of benzene rings is 1. The number of rotatable bonds is 6. The van der Waals surface area contributed by atoms with Crippen LogP contribution in [-0.4, -0.2) is 54.3 Å². The van der Waals surface area contributed by atoms with Crippen LogP contribution in [0.4, 0.5) is 0 Å². The minimum absolute atomic E-state index is 0.0173. The first-order valence-corrected chi connectivity index (χ1v) is 8.97. The SMILES string of the molecule is O=C(O)CC1CCN(C(=O)c2cccc(OCC3CCCO3)c2)CC1. The highest BCUT2D eigenvalue weighted by Gasteiger charge is 2.25. The molecule has 0 aromatic heterocycles. The zero-order chi connectivity index (χ0) is 17.6. The summed E-state index contributed by atoms with van der Waals surface area (Å²) in [7, 11) is 0. The maximum Gasteiger partial charge on any atom is 0.303 e. The fraction of sp³-hybridized carbons (Fsp3) is 0.579. The molecule has 136 valence electrons. The maximum absolute atomic E-state index is 12.7. The Labute approximate surface area is 147 Å². The van der Waals surface area contributed by atoms with Crippen LogP contribution in [-0.2, 0) is 9.53 Å². The van der Waals surface area contributed by atoms with Crippen LogP contribution in [0.15, 0.2) is 24.3 Å². The van der Waals surface area contributed by atoms with Crippen LogP contribution in [0.25, 0.3) is 0 Å². The van der Waals surface area contributed by atoms with E-state index in [9.17, 15) is 9.59 Å². The molecule has 1 unspecified atom stereocenters. The van der Waals surface area contributed by atoms with Crippen LogP contribution >= 0.6 is 0 Å². The Bertz CT molecular complexity index is 604. The van der Waals surface area contributed by atoms with E-state index >= 15 is 0 Å². The summed E-state index contributed by atoms with van der Waals surface area (Å²) >= 11 is 0. The van der Waals surface area contributed by atoms with Crippen LogP contribution in [0.2, 0.25) is 0 Å². The molecular formula is C19H25NO5. The minimum Gasteiger partial charge on any atom is -0.491 e. The fourth-order valence-corrected chi connectivity index (χ4v) is 3.45. The smallest absolute Gasteiger partial charge is 0.303 e. The van der Waals surface area contributed by atoms with Gasteiger partial charge in [0, 0.05) is 31.7 Å². The van der Waals surface area contributed by atoms with Gasteiger partial charge in [0.05, 0.1) is 6.10 Å². The molecule has 6 heteroatoms. The number of likely N-dealkylation sites (tertiary alicyclic amines) is 1. The van der Waals surface area contributed by atoms with Crippen molar-refractivity contribution in [1.82, 2.24) is 4.90 Å². The lowest BCUT2D eigenvalue weighted by Crippen LogP contribution is -2.38. The average Bonchev–Trinajstić information content (AvgIpc) is 3.13. The van der Waals surface area contributed by atoms with Crippen molar-refractivity contribution in [3.63, 3.8) is 0 Å². The molecule has 2 saturated heterocycles. The van der Waals surface area contributed by atoms with Crippen molar-refractivity contribution in [2.24, 2.45) is 5.92 Å². The van der Waals surface area contributed by atoms with E-state index in [0.29, 0.717) is 31.0 Å². The summed E-state index contributed by atoms with van der Waals surface area (Å²) in [6.07, 6.45) is 3.91. The standard InChI is InChI=1S/C19H25NO5/c21-18(22)11-14-6-8-20(9-7-14)19(23)15-3-1-4-16(12-15)25-13-17-5-2-10-24-17/h1,3-4,12,14,17H,2,5-11,13H2,(H,21,22). The molecule has 25 heavy (non-hydrogen) atoms. The molecule has 0 radical (unpaired) electrons. The predicted molar refractivity (Wildman–Crippen MR) is 91.8 cm³/mol. The van der Waals surface area contributed by atoms with Crippen molar-refractivity contribution < 1.29 is 24.2 Å². The molecule has 2 aliphatic rings. The number of carboxylic acid groups (broad SMARTS) is 1. The lowest BCUT2D eigenvalue weighted by atomic mass is 9.93. The van der Waals surface area contributed by atoms with E-state index in [4.69, 9.17) is 14.6 Å². The van der Waals surface area contributed by atoms with E-state index < -0.39 is 5.97 Å². The van der Waals surface area contributed by atoms with Gasteiger partial charge >= 0.3 is 5.97 Å². The number of hydrogen-bond acceptors (Lipinski definition) is 4. The second kappa shape index (κ2) is 8.34. The Morgan fingerprint density at radius 1 is 1.24 bits per heavy atom. The number of carbonyl (C=O) groups is 2. The topological polar surface area (TPSA) is 76.1 Å². The van der Waals surface area contributed by atoms with Gasteiger partial charge < -0.3 is 19.5 Å². The number of hydrogen-bond donors (Lipinski definition) is 1. The maximum atomic E-state index is 12.7. The number of aliphatic carboxylic acids is 1. The van der Waals surface area contributed by atoms with Gasteiger partial charge in [-0.1, -0.05) is 6.07 Å². The van der Waals surface area contributed by atoms with Gasteiger partial charge in [-0.2, -0.15) is 0 Å². The van der Waals surface area contributed by atoms with Gasteiger partial charge in [-0.15, -0.1) is 0 Å². The molecule has 3 rings (SSSR count). The molecule has 6 nitrogen and oxygen atoms in total. The third-order valence-corrected chi connectivity index (χ3v) is 4.91. The van der Waals surface area contributed by atoms with Crippen molar-refractivity contribution in [2.45, 2.75) is 38.2 Å². The highest BCUT2D eigenvalue weighted by molar-refractivity contribution is 5.94. The Morgan fingerprint density at radius 2 is 2.04 bits per heavy atom. The molecule has 0 bridgehead atoms. The molecule has 1 atom stereocenters. The zero-order valence-corrected chi connectivity index (χ0v) is 14.4. The molecule has 1 aromatic carbocycles. The van der Waals surface area contributed by atoms with Crippen molar-refractivity contribution in [2.75, 3.05) is 26.3 Å². The normalized spacial score (nSPS) is 21.3. The Morgan fingerprint density at radius 3 is 2.72 bits per heavy atom. The van der Waals surface area contributed by atoms with Gasteiger partial charge in [-0.05, 0) is 49.8 Å². The van der Waals surface area contributed by atoms with Crippen molar-refractivity contribution in [3.05, 3.63) is 29.8 Å². The summed E-state index contributed by atoms with van der Waals surface area (Å²) < 4.78 is 11.3. The summed E-state index contributed by atoms with van der Waals surface area (Å²) in [5.41, 5.74) is 0.613. The highest BCUT2D eigenvalue weighted by atomic mass is 16.5. The van der Waals surface area contributed by atoms with Crippen molar-refractivity contribution >= 4 is 11.9 Å². The quantitative estimate of drug-likeness (QED) is 0.856. The number of amides is 1. The monoisotopic (exact) mass is 347 g/mol. The van der Waals surface area contributed by atoms with Crippen LogP contribution < -0.4 is 4.74 Å². The number of carboxylic acids is 1. The fourth-order valence-electron chi connectivity index (χ4n) is 3.45. The minimum atomic E-state index is -0.763. The first-order chi connectivity index (χ1) is 12.1. The van der Waals surface area contributed by atoms with Gasteiger partial charge in [0.1, 0.15) is 12.4 Å². The number of piperidine rings is 1.